The van der Waals surface area contributed by atoms with Gasteiger partial charge in [-0.2, -0.15) is 5.10 Å². The van der Waals surface area contributed by atoms with Gasteiger partial charge in [-0.1, -0.05) is 42.5 Å². The minimum Gasteiger partial charge on any atom is -0.291 e. The van der Waals surface area contributed by atoms with E-state index in [4.69, 9.17) is 0 Å². The maximum absolute atomic E-state index is 12.8. The third-order valence-corrected chi connectivity index (χ3v) is 3.07. The molecule has 1 aromatic heterocycles. The van der Waals surface area contributed by atoms with E-state index < -0.39 is 0 Å². The summed E-state index contributed by atoms with van der Waals surface area (Å²) in [5.41, 5.74) is 4.50. The summed E-state index contributed by atoms with van der Waals surface area (Å²) in [5, 5.41) is 3.99. The molecule has 2 aromatic carbocycles. The van der Waals surface area contributed by atoms with Crippen LogP contribution in [0.1, 0.15) is 5.56 Å². The van der Waals surface area contributed by atoms with Gasteiger partial charge in [-0.3, -0.25) is 9.78 Å². The first kappa shape index (κ1) is 14.6. The van der Waals surface area contributed by atoms with E-state index in [2.05, 4.69) is 20.5 Å². The molecule has 0 radical (unpaired) electrons. The number of benzene rings is 2. The summed E-state index contributed by atoms with van der Waals surface area (Å²) in [6.07, 6.45) is 1.51. The molecule has 0 aliphatic rings. The summed E-state index contributed by atoms with van der Waals surface area (Å²) in [5.74, 6) is -0.0774. The summed E-state index contributed by atoms with van der Waals surface area (Å²) in [6, 6.07) is 16.7. The number of nitrogens with one attached hydrogen (secondary N) is 2. The van der Waals surface area contributed by atoms with Crippen LogP contribution in [0.25, 0.3) is 11.3 Å². The fourth-order valence-electron chi connectivity index (χ4n) is 1.98. The number of aromatic nitrogens is 2. The molecule has 0 bridgehead atoms. The molecule has 3 rings (SSSR count). The first-order valence-corrected chi connectivity index (χ1v) is 6.92. The van der Waals surface area contributed by atoms with Gasteiger partial charge in [-0.15, -0.1) is 0 Å². The Hall–Kier alpha value is -3.28. The molecular weight excluding hydrogens is 295 g/mol. The standard InChI is InChI=1S/C17H13FN4O/c18-14-8-6-12(7-9-14)11-19-22-17-20-15(10-16(23)21-17)13-4-2-1-3-5-13/h1-11H,(H2,20,21,22,23). The number of H-pyrrole nitrogens is 1. The van der Waals surface area contributed by atoms with Gasteiger partial charge in [-0.25, -0.2) is 14.8 Å². The molecule has 0 saturated carbocycles. The lowest BCUT2D eigenvalue weighted by atomic mass is 10.1. The number of hydrogen-bond donors (Lipinski definition) is 2. The zero-order valence-electron chi connectivity index (χ0n) is 12.0. The molecule has 1 heterocycles. The Kier molecular flexibility index (Phi) is 4.24. The first-order valence-electron chi connectivity index (χ1n) is 6.92. The molecule has 3 aromatic rings. The van der Waals surface area contributed by atoms with Crippen LogP contribution in [0, 0.1) is 5.82 Å². The van der Waals surface area contributed by atoms with Crippen LogP contribution in [0.5, 0.6) is 0 Å². The van der Waals surface area contributed by atoms with Crippen molar-refractivity contribution in [3.05, 3.63) is 82.4 Å². The van der Waals surface area contributed by atoms with Crippen LogP contribution >= 0.6 is 0 Å². The molecule has 0 unspecified atom stereocenters. The highest BCUT2D eigenvalue weighted by Crippen LogP contribution is 2.15. The van der Waals surface area contributed by atoms with Crippen LogP contribution < -0.4 is 11.0 Å². The molecule has 0 spiro atoms. The van der Waals surface area contributed by atoms with E-state index in [0.717, 1.165) is 11.1 Å². The van der Waals surface area contributed by atoms with Crippen LogP contribution in [-0.4, -0.2) is 16.2 Å². The SMILES string of the molecule is O=c1cc(-c2ccccc2)nc(NN=Cc2ccc(F)cc2)[nH]1. The van der Waals surface area contributed by atoms with Gasteiger partial charge in [0.1, 0.15) is 5.82 Å². The number of nitrogens with zero attached hydrogens (tertiary/aromatic N) is 2. The first-order chi connectivity index (χ1) is 11.2. The number of hydrazone groups is 1. The fraction of sp³-hybridized carbons (Fsp3) is 0. The summed E-state index contributed by atoms with van der Waals surface area (Å²) >= 11 is 0. The third-order valence-electron chi connectivity index (χ3n) is 3.07. The lowest BCUT2D eigenvalue weighted by Gasteiger charge is -2.03. The lowest BCUT2D eigenvalue weighted by molar-refractivity contribution is 0.628. The van der Waals surface area contributed by atoms with Crippen LogP contribution in [0.15, 0.2) is 70.6 Å². The zero-order chi connectivity index (χ0) is 16.1. The van der Waals surface area contributed by atoms with Crippen molar-refractivity contribution in [2.24, 2.45) is 5.10 Å². The average Bonchev–Trinajstić information content (AvgIpc) is 2.57. The van der Waals surface area contributed by atoms with E-state index in [-0.39, 0.29) is 17.3 Å². The summed E-state index contributed by atoms with van der Waals surface area (Å²) in [7, 11) is 0. The van der Waals surface area contributed by atoms with Crippen molar-refractivity contribution < 1.29 is 4.39 Å². The van der Waals surface area contributed by atoms with Crippen LogP contribution in [0.2, 0.25) is 0 Å². The maximum Gasteiger partial charge on any atom is 0.252 e. The summed E-state index contributed by atoms with van der Waals surface area (Å²) < 4.78 is 12.8. The molecule has 0 aliphatic carbocycles. The monoisotopic (exact) mass is 308 g/mol. The highest BCUT2D eigenvalue weighted by molar-refractivity contribution is 5.79. The average molecular weight is 308 g/mol. The summed E-state index contributed by atoms with van der Waals surface area (Å²) in [4.78, 5) is 18.6. The molecule has 0 saturated heterocycles. The molecule has 114 valence electrons. The minimum absolute atomic E-state index is 0.231. The maximum atomic E-state index is 12.8. The van der Waals surface area contributed by atoms with Crippen LogP contribution in [0.3, 0.4) is 0 Å². The normalized spacial score (nSPS) is 10.8. The predicted molar refractivity (Wildman–Crippen MR) is 87.9 cm³/mol. The molecule has 6 heteroatoms. The van der Waals surface area contributed by atoms with Gasteiger partial charge in [-0.05, 0) is 17.7 Å². The lowest BCUT2D eigenvalue weighted by Crippen LogP contribution is -2.10. The second kappa shape index (κ2) is 6.65. The molecule has 0 atom stereocenters. The Morgan fingerprint density at radius 2 is 1.83 bits per heavy atom. The van der Waals surface area contributed by atoms with Crippen molar-refractivity contribution in [3.63, 3.8) is 0 Å². The van der Waals surface area contributed by atoms with Crippen molar-refractivity contribution in [1.29, 1.82) is 0 Å². The van der Waals surface area contributed by atoms with Crippen LogP contribution in [0.4, 0.5) is 10.3 Å². The van der Waals surface area contributed by atoms with E-state index in [1.54, 1.807) is 12.1 Å². The van der Waals surface area contributed by atoms with Gasteiger partial charge >= 0.3 is 0 Å². The van der Waals surface area contributed by atoms with Gasteiger partial charge in [0.15, 0.2) is 0 Å². The van der Waals surface area contributed by atoms with Gasteiger partial charge in [0.25, 0.3) is 5.56 Å². The van der Waals surface area contributed by atoms with Crippen molar-refractivity contribution >= 4 is 12.2 Å². The van der Waals surface area contributed by atoms with Gasteiger partial charge in [0.2, 0.25) is 5.95 Å². The smallest absolute Gasteiger partial charge is 0.252 e. The number of hydrogen-bond acceptors (Lipinski definition) is 4. The molecule has 2 N–H and O–H groups in total. The number of rotatable bonds is 4. The Morgan fingerprint density at radius 3 is 2.57 bits per heavy atom. The van der Waals surface area contributed by atoms with Crippen LogP contribution in [-0.2, 0) is 0 Å². The Morgan fingerprint density at radius 1 is 1.09 bits per heavy atom. The Bertz CT molecular complexity index is 873. The topological polar surface area (TPSA) is 70.1 Å². The number of halogens is 1. The molecule has 23 heavy (non-hydrogen) atoms. The number of aromatic amines is 1. The van der Waals surface area contributed by atoms with E-state index in [1.807, 2.05) is 30.3 Å². The van der Waals surface area contributed by atoms with Crippen molar-refractivity contribution in [3.8, 4) is 11.3 Å². The molecule has 5 nitrogen and oxygen atoms in total. The largest absolute Gasteiger partial charge is 0.291 e. The van der Waals surface area contributed by atoms with Crippen molar-refractivity contribution in [2.45, 2.75) is 0 Å². The highest BCUT2D eigenvalue weighted by atomic mass is 19.1. The molecule has 0 amide bonds. The summed E-state index contributed by atoms with van der Waals surface area (Å²) in [6.45, 7) is 0. The van der Waals surface area contributed by atoms with Gasteiger partial charge in [0, 0.05) is 11.6 Å². The highest BCUT2D eigenvalue weighted by Gasteiger charge is 2.02. The Labute approximate surface area is 131 Å². The van der Waals surface area contributed by atoms with Crippen molar-refractivity contribution in [1.82, 2.24) is 9.97 Å². The molecule has 0 aliphatic heterocycles. The van der Waals surface area contributed by atoms with Gasteiger partial charge in [0.05, 0.1) is 11.9 Å². The van der Waals surface area contributed by atoms with Gasteiger partial charge < -0.3 is 0 Å². The molecule has 0 fully saturated rings. The minimum atomic E-state index is -0.309. The van der Waals surface area contributed by atoms with E-state index in [0.29, 0.717) is 5.69 Å². The van der Waals surface area contributed by atoms with Crippen molar-refractivity contribution in [2.75, 3.05) is 5.43 Å². The van der Waals surface area contributed by atoms with E-state index >= 15 is 0 Å². The second-order valence-electron chi connectivity index (χ2n) is 4.77. The van der Waals surface area contributed by atoms with E-state index in [1.165, 1.54) is 24.4 Å². The van der Waals surface area contributed by atoms with E-state index in [9.17, 15) is 9.18 Å². The second-order valence-corrected chi connectivity index (χ2v) is 4.77. The molecular formula is C17H13FN4O. The zero-order valence-corrected chi connectivity index (χ0v) is 12.0. The third kappa shape index (κ3) is 3.88. The quantitative estimate of drug-likeness (QED) is 0.575. The fourth-order valence-corrected chi connectivity index (χ4v) is 1.98. The predicted octanol–water partition coefficient (Wildman–Crippen LogP) is 3.02. The number of anilines is 1. The Balaban J connectivity index is 1.79.